The molecule has 1 heterocycles. The van der Waals surface area contributed by atoms with Gasteiger partial charge < -0.3 is 10.3 Å². The third-order valence-corrected chi connectivity index (χ3v) is 2.90. The lowest BCUT2D eigenvalue weighted by molar-refractivity contribution is 0.434. The molecule has 0 unspecified atom stereocenters. The van der Waals surface area contributed by atoms with Crippen LogP contribution in [0.3, 0.4) is 0 Å². The van der Waals surface area contributed by atoms with E-state index in [2.05, 4.69) is 21.1 Å². The van der Waals surface area contributed by atoms with Crippen LogP contribution >= 0.6 is 15.9 Å². The molecule has 0 saturated carbocycles. The van der Waals surface area contributed by atoms with Gasteiger partial charge in [-0.3, -0.25) is 0 Å². The summed E-state index contributed by atoms with van der Waals surface area (Å²) in [5, 5.41) is 3.74. The summed E-state index contributed by atoms with van der Waals surface area (Å²) in [7, 11) is 0. The van der Waals surface area contributed by atoms with Crippen molar-refractivity contribution in [3.8, 4) is 11.3 Å². The zero-order chi connectivity index (χ0) is 12.4. The zero-order valence-corrected chi connectivity index (χ0v) is 10.9. The molecule has 17 heavy (non-hydrogen) atoms. The molecule has 2 rings (SSSR count). The molecule has 0 radical (unpaired) electrons. The summed E-state index contributed by atoms with van der Waals surface area (Å²) in [5.74, 6) is 0.596. The van der Waals surface area contributed by atoms with E-state index in [1.807, 2.05) is 6.92 Å². The van der Waals surface area contributed by atoms with Gasteiger partial charge in [0.2, 0.25) is 0 Å². The molecule has 1 aromatic heterocycles. The highest BCUT2D eigenvalue weighted by Crippen LogP contribution is 2.31. The van der Waals surface area contributed by atoms with Crippen molar-refractivity contribution in [1.29, 1.82) is 0 Å². The molecule has 2 N–H and O–H groups in total. The van der Waals surface area contributed by atoms with Crippen LogP contribution in [0, 0.1) is 5.82 Å². The maximum absolute atomic E-state index is 13.3. The molecular weight excluding hydrogens is 287 g/mol. The average molecular weight is 299 g/mol. The van der Waals surface area contributed by atoms with Crippen LogP contribution in [-0.4, -0.2) is 5.16 Å². The SMILES string of the molecule is CCCc1c(N)noc1-c1cc(F)cc(Br)c1. The molecule has 0 aliphatic carbocycles. The largest absolute Gasteiger partial charge is 0.381 e. The topological polar surface area (TPSA) is 52.0 Å². The molecule has 0 bridgehead atoms. The Kier molecular flexibility index (Phi) is 3.47. The Bertz CT molecular complexity index is 519. The Morgan fingerprint density at radius 1 is 1.41 bits per heavy atom. The molecule has 0 aliphatic heterocycles. The minimum absolute atomic E-state index is 0.327. The van der Waals surface area contributed by atoms with Gasteiger partial charge in [0.25, 0.3) is 0 Å². The van der Waals surface area contributed by atoms with Crippen molar-refractivity contribution in [2.75, 3.05) is 5.73 Å². The van der Waals surface area contributed by atoms with E-state index < -0.39 is 0 Å². The molecule has 5 heteroatoms. The lowest BCUT2D eigenvalue weighted by atomic mass is 10.0. The summed E-state index contributed by atoms with van der Waals surface area (Å²) in [6, 6.07) is 4.58. The molecule has 0 amide bonds. The molecule has 3 nitrogen and oxygen atoms in total. The maximum Gasteiger partial charge on any atom is 0.172 e. The highest BCUT2D eigenvalue weighted by molar-refractivity contribution is 9.10. The summed E-state index contributed by atoms with van der Waals surface area (Å²) < 4.78 is 19.2. The van der Waals surface area contributed by atoms with E-state index in [1.54, 1.807) is 6.07 Å². The van der Waals surface area contributed by atoms with Crippen molar-refractivity contribution < 1.29 is 8.91 Å². The monoisotopic (exact) mass is 298 g/mol. The Hall–Kier alpha value is -1.36. The van der Waals surface area contributed by atoms with Gasteiger partial charge in [-0.15, -0.1) is 0 Å². The molecule has 0 fully saturated rings. The van der Waals surface area contributed by atoms with E-state index in [9.17, 15) is 4.39 Å². The first-order valence-corrected chi connectivity index (χ1v) is 6.11. The predicted octanol–water partition coefficient (Wildman–Crippen LogP) is 3.78. The van der Waals surface area contributed by atoms with Gasteiger partial charge in [-0.25, -0.2) is 4.39 Å². The minimum atomic E-state index is -0.327. The first kappa shape index (κ1) is 12.1. The first-order chi connectivity index (χ1) is 8.11. The molecule has 90 valence electrons. The van der Waals surface area contributed by atoms with E-state index in [0.717, 1.165) is 18.4 Å². The van der Waals surface area contributed by atoms with Crippen molar-refractivity contribution in [2.24, 2.45) is 0 Å². The molecule has 0 spiro atoms. The van der Waals surface area contributed by atoms with Crippen LogP contribution in [0.5, 0.6) is 0 Å². The average Bonchev–Trinajstić information content (AvgIpc) is 2.60. The highest BCUT2D eigenvalue weighted by Gasteiger charge is 2.15. The van der Waals surface area contributed by atoms with E-state index >= 15 is 0 Å². The smallest absolute Gasteiger partial charge is 0.172 e. The van der Waals surface area contributed by atoms with Gasteiger partial charge in [-0.05, 0) is 24.6 Å². The van der Waals surface area contributed by atoms with Gasteiger partial charge in [0.05, 0.1) is 0 Å². The van der Waals surface area contributed by atoms with Crippen molar-refractivity contribution in [3.63, 3.8) is 0 Å². The van der Waals surface area contributed by atoms with Crippen LogP contribution in [0.25, 0.3) is 11.3 Å². The van der Waals surface area contributed by atoms with Gasteiger partial charge in [-0.1, -0.05) is 34.4 Å². The van der Waals surface area contributed by atoms with E-state index in [-0.39, 0.29) is 5.82 Å². The van der Waals surface area contributed by atoms with Crippen molar-refractivity contribution >= 4 is 21.7 Å². The number of halogens is 2. The second-order valence-corrected chi connectivity index (χ2v) is 4.70. The summed E-state index contributed by atoms with van der Waals surface area (Å²) >= 11 is 3.25. The summed E-state index contributed by atoms with van der Waals surface area (Å²) in [6.45, 7) is 2.04. The molecule has 0 atom stereocenters. The first-order valence-electron chi connectivity index (χ1n) is 5.32. The van der Waals surface area contributed by atoms with E-state index in [4.69, 9.17) is 10.3 Å². The molecule has 1 aromatic carbocycles. The van der Waals surface area contributed by atoms with E-state index in [1.165, 1.54) is 12.1 Å². The number of hydrogen-bond acceptors (Lipinski definition) is 3. The third-order valence-electron chi connectivity index (χ3n) is 2.44. The Balaban J connectivity index is 2.52. The Labute approximate surface area is 107 Å². The number of benzene rings is 1. The van der Waals surface area contributed by atoms with Crippen molar-refractivity contribution in [1.82, 2.24) is 5.16 Å². The van der Waals surface area contributed by atoms with Gasteiger partial charge >= 0.3 is 0 Å². The van der Waals surface area contributed by atoms with Gasteiger partial charge in [0.1, 0.15) is 5.82 Å². The second kappa shape index (κ2) is 4.87. The van der Waals surface area contributed by atoms with Crippen molar-refractivity contribution in [2.45, 2.75) is 19.8 Å². The van der Waals surface area contributed by atoms with Crippen LogP contribution in [0.4, 0.5) is 10.2 Å². The van der Waals surface area contributed by atoms with Crippen LogP contribution in [0.15, 0.2) is 27.2 Å². The van der Waals surface area contributed by atoms with Crippen LogP contribution in [0.2, 0.25) is 0 Å². The second-order valence-electron chi connectivity index (χ2n) is 3.78. The predicted molar refractivity (Wildman–Crippen MR) is 68.0 cm³/mol. The standard InChI is InChI=1S/C12H12BrFN2O/c1-2-3-10-11(17-16-12(10)15)7-4-8(13)6-9(14)5-7/h4-6H,2-3H2,1H3,(H2,15,16). The minimum Gasteiger partial charge on any atom is -0.381 e. The Morgan fingerprint density at radius 2 is 2.18 bits per heavy atom. The van der Waals surface area contributed by atoms with E-state index in [0.29, 0.717) is 21.6 Å². The highest BCUT2D eigenvalue weighted by atomic mass is 79.9. The molecular formula is C12H12BrFN2O. The number of hydrogen-bond donors (Lipinski definition) is 1. The quantitative estimate of drug-likeness (QED) is 0.938. The third kappa shape index (κ3) is 2.49. The maximum atomic E-state index is 13.3. The van der Waals surface area contributed by atoms with Crippen LogP contribution in [-0.2, 0) is 6.42 Å². The lowest BCUT2D eigenvalue weighted by Gasteiger charge is -2.02. The normalized spacial score (nSPS) is 10.8. The van der Waals surface area contributed by atoms with Gasteiger partial charge in [-0.2, -0.15) is 0 Å². The molecule has 0 saturated heterocycles. The number of nitrogens with zero attached hydrogens (tertiary/aromatic N) is 1. The van der Waals surface area contributed by atoms with Crippen molar-refractivity contribution in [3.05, 3.63) is 34.1 Å². The zero-order valence-electron chi connectivity index (χ0n) is 9.34. The number of nitrogen functional groups attached to an aromatic ring is 1. The number of anilines is 1. The molecule has 2 aromatic rings. The van der Waals surface area contributed by atoms with Crippen LogP contribution in [0.1, 0.15) is 18.9 Å². The van der Waals surface area contributed by atoms with Gasteiger partial charge in [0, 0.05) is 15.6 Å². The van der Waals surface area contributed by atoms with Gasteiger partial charge in [0.15, 0.2) is 11.6 Å². The number of nitrogens with two attached hydrogens (primary N) is 1. The summed E-state index contributed by atoms with van der Waals surface area (Å²) in [6.07, 6.45) is 1.69. The summed E-state index contributed by atoms with van der Waals surface area (Å²) in [5.41, 5.74) is 7.21. The fourth-order valence-corrected chi connectivity index (χ4v) is 2.19. The Morgan fingerprint density at radius 3 is 2.82 bits per heavy atom. The number of rotatable bonds is 3. The fraction of sp³-hybridized carbons (Fsp3) is 0.250. The summed E-state index contributed by atoms with van der Waals surface area (Å²) in [4.78, 5) is 0. The number of aromatic nitrogens is 1. The fourth-order valence-electron chi connectivity index (χ4n) is 1.72. The lowest BCUT2D eigenvalue weighted by Crippen LogP contribution is -1.93. The van der Waals surface area contributed by atoms with Crippen LogP contribution < -0.4 is 5.73 Å². The molecule has 0 aliphatic rings.